The molecule has 0 unspecified atom stereocenters. The van der Waals surface area contributed by atoms with Crippen LogP contribution in [0.1, 0.15) is 26.7 Å². The van der Waals surface area contributed by atoms with Gasteiger partial charge < -0.3 is 5.32 Å². The fraction of sp³-hybridized carbons (Fsp3) is 0.545. The molecular weight excluding hydrogens is 274 g/mol. The largest absolute Gasteiger partial charge is 0.369 e. The fourth-order valence-electron chi connectivity index (χ4n) is 1.26. The third-order valence-corrected chi connectivity index (χ3v) is 3.93. The summed E-state index contributed by atoms with van der Waals surface area (Å²) in [6.45, 7) is 5.06. The highest BCUT2D eigenvalue weighted by atomic mass is 35.5. The van der Waals surface area contributed by atoms with Gasteiger partial charge in [-0.3, -0.25) is 0 Å². The lowest BCUT2D eigenvalue weighted by molar-refractivity contribution is 0.580. The van der Waals surface area contributed by atoms with Gasteiger partial charge >= 0.3 is 0 Å². The Hall–Kier alpha value is -0.850. The van der Waals surface area contributed by atoms with Crippen LogP contribution < -0.4 is 10.0 Å². The van der Waals surface area contributed by atoms with E-state index >= 15 is 0 Å². The summed E-state index contributed by atoms with van der Waals surface area (Å²) in [7, 11) is -3.51. The predicted octanol–water partition coefficient (Wildman–Crippen LogP) is 2.25. The summed E-state index contributed by atoms with van der Waals surface area (Å²) in [6, 6.07) is 1.41. The summed E-state index contributed by atoms with van der Waals surface area (Å²) in [5, 5.41) is 3.33. The van der Waals surface area contributed by atoms with Crippen molar-refractivity contribution in [1.82, 2.24) is 9.71 Å². The maximum Gasteiger partial charge on any atom is 0.242 e. The summed E-state index contributed by atoms with van der Waals surface area (Å²) in [5.74, 6) is 0.507. The van der Waals surface area contributed by atoms with Crippen molar-refractivity contribution in [1.29, 1.82) is 0 Å². The Morgan fingerprint density at radius 1 is 1.28 bits per heavy atom. The highest BCUT2D eigenvalue weighted by Gasteiger charge is 2.15. The number of hydrogen-bond acceptors (Lipinski definition) is 4. The molecule has 18 heavy (non-hydrogen) atoms. The van der Waals surface area contributed by atoms with Crippen LogP contribution in [0.25, 0.3) is 0 Å². The van der Waals surface area contributed by atoms with Gasteiger partial charge in [-0.25, -0.2) is 18.1 Å². The van der Waals surface area contributed by atoms with Crippen LogP contribution in [0.2, 0.25) is 5.02 Å². The Morgan fingerprint density at radius 2 is 1.94 bits per heavy atom. The lowest BCUT2D eigenvalue weighted by Crippen LogP contribution is -2.24. The second-order valence-corrected chi connectivity index (χ2v) is 6.00. The Labute approximate surface area is 113 Å². The first kappa shape index (κ1) is 15.2. The summed E-state index contributed by atoms with van der Waals surface area (Å²) in [5.41, 5.74) is 0. The molecule has 2 N–H and O–H groups in total. The molecule has 0 fully saturated rings. The van der Waals surface area contributed by atoms with Crippen LogP contribution in [0.4, 0.5) is 5.82 Å². The zero-order chi connectivity index (χ0) is 13.6. The topological polar surface area (TPSA) is 71.1 Å². The van der Waals surface area contributed by atoms with Crippen LogP contribution in [0, 0.1) is 0 Å². The maximum absolute atomic E-state index is 11.8. The van der Waals surface area contributed by atoms with Crippen molar-refractivity contribution >= 4 is 27.4 Å². The van der Waals surface area contributed by atoms with Crippen LogP contribution in [-0.2, 0) is 10.0 Å². The molecular formula is C11H18ClN3O2S. The van der Waals surface area contributed by atoms with E-state index < -0.39 is 10.0 Å². The van der Waals surface area contributed by atoms with Gasteiger partial charge in [0.15, 0.2) is 0 Å². The molecule has 5 nitrogen and oxygen atoms in total. The fourth-order valence-corrected chi connectivity index (χ4v) is 2.66. The number of sulfonamides is 1. The van der Waals surface area contributed by atoms with Gasteiger partial charge in [-0.05, 0) is 18.9 Å². The summed E-state index contributed by atoms with van der Waals surface area (Å²) in [4.78, 5) is 4.11. The monoisotopic (exact) mass is 291 g/mol. The van der Waals surface area contributed by atoms with Crippen molar-refractivity contribution in [3.05, 3.63) is 17.3 Å². The van der Waals surface area contributed by atoms with Gasteiger partial charge in [0.25, 0.3) is 0 Å². The molecule has 0 aromatic carbocycles. The van der Waals surface area contributed by atoms with Crippen molar-refractivity contribution in [2.45, 2.75) is 31.6 Å². The number of rotatable bonds is 7. The summed E-state index contributed by atoms with van der Waals surface area (Å²) in [6.07, 6.45) is 2.98. The Balaban J connectivity index is 2.89. The molecule has 0 aliphatic heterocycles. The van der Waals surface area contributed by atoms with Gasteiger partial charge in [0.05, 0.1) is 5.02 Å². The van der Waals surface area contributed by atoms with E-state index in [-0.39, 0.29) is 4.90 Å². The first-order valence-corrected chi connectivity index (χ1v) is 7.76. The zero-order valence-corrected chi connectivity index (χ0v) is 12.1. The van der Waals surface area contributed by atoms with Crippen LogP contribution in [-0.4, -0.2) is 26.5 Å². The first-order valence-electron chi connectivity index (χ1n) is 5.90. The highest BCUT2D eigenvalue weighted by molar-refractivity contribution is 7.89. The Morgan fingerprint density at radius 3 is 2.50 bits per heavy atom. The zero-order valence-electron chi connectivity index (χ0n) is 10.5. The van der Waals surface area contributed by atoms with Crippen LogP contribution in [0.5, 0.6) is 0 Å². The molecule has 0 bridgehead atoms. The first-order chi connectivity index (χ1) is 8.51. The van der Waals surface area contributed by atoms with E-state index in [1.807, 2.05) is 13.8 Å². The second-order valence-electron chi connectivity index (χ2n) is 3.83. The van der Waals surface area contributed by atoms with Crippen molar-refractivity contribution < 1.29 is 8.42 Å². The summed E-state index contributed by atoms with van der Waals surface area (Å²) < 4.78 is 26.1. The van der Waals surface area contributed by atoms with Gasteiger partial charge in [-0.1, -0.05) is 25.4 Å². The quantitative estimate of drug-likeness (QED) is 0.808. The molecule has 0 saturated carbocycles. The molecule has 7 heteroatoms. The molecule has 1 rings (SSSR count). The summed E-state index contributed by atoms with van der Waals surface area (Å²) >= 11 is 5.99. The van der Waals surface area contributed by atoms with E-state index in [1.165, 1.54) is 12.3 Å². The van der Waals surface area contributed by atoms with E-state index in [1.54, 1.807) is 0 Å². The van der Waals surface area contributed by atoms with Crippen LogP contribution >= 0.6 is 11.6 Å². The second kappa shape index (κ2) is 6.92. The van der Waals surface area contributed by atoms with E-state index in [2.05, 4.69) is 15.0 Å². The van der Waals surface area contributed by atoms with E-state index in [9.17, 15) is 8.42 Å². The van der Waals surface area contributed by atoms with Crippen molar-refractivity contribution in [3.63, 3.8) is 0 Å². The third-order valence-electron chi connectivity index (χ3n) is 2.21. The molecule has 1 heterocycles. The number of anilines is 1. The predicted molar refractivity (Wildman–Crippen MR) is 73.5 cm³/mol. The molecule has 0 amide bonds. The number of nitrogens with one attached hydrogen (secondary N) is 2. The molecule has 1 aromatic heterocycles. The van der Waals surface area contributed by atoms with Gasteiger partial charge in [-0.15, -0.1) is 0 Å². The Bertz CT molecular complexity index is 491. The Kier molecular flexibility index (Phi) is 5.84. The number of halogens is 1. The smallest absolute Gasteiger partial charge is 0.242 e. The minimum Gasteiger partial charge on any atom is -0.369 e. The SMILES string of the molecule is CCCNc1ncc(S(=O)(=O)NCCC)cc1Cl. The van der Waals surface area contributed by atoms with Gasteiger partial charge in [0.1, 0.15) is 10.7 Å². The highest BCUT2D eigenvalue weighted by Crippen LogP contribution is 2.22. The molecule has 0 radical (unpaired) electrons. The molecule has 0 spiro atoms. The van der Waals surface area contributed by atoms with Gasteiger partial charge in [-0.2, -0.15) is 0 Å². The molecule has 0 aliphatic carbocycles. The average molecular weight is 292 g/mol. The molecule has 0 atom stereocenters. The average Bonchev–Trinajstić information content (AvgIpc) is 2.35. The molecule has 0 aliphatic rings. The van der Waals surface area contributed by atoms with E-state index in [0.29, 0.717) is 17.4 Å². The van der Waals surface area contributed by atoms with Crippen molar-refractivity contribution in [3.8, 4) is 0 Å². The standard InChI is InChI=1S/C11H18ClN3O2S/c1-3-5-13-11-10(12)7-9(8-14-11)18(16,17)15-6-4-2/h7-8,15H,3-6H2,1-2H3,(H,13,14). The maximum atomic E-state index is 11.8. The minimum atomic E-state index is -3.51. The lowest BCUT2D eigenvalue weighted by atomic mass is 10.4. The normalized spacial score (nSPS) is 11.5. The third kappa shape index (κ3) is 4.12. The van der Waals surface area contributed by atoms with E-state index in [0.717, 1.165) is 19.4 Å². The number of pyridine rings is 1. The number of hydrogen-bond donors (Lipinski definition) is 2. The lowest BCUT2D eigenvalue weighted by Gasteiger charge is -2.09. The number of nitrogens with zero attached hydrogens (tertiary/aromatic N) is 1. The van der Waals surface area contributed by atoms with Crippen molar-refractivity contribution in [2.24, 2.45) is 0 Å². The van der Waals surface area contributed by atoms with Gasteiger partial charge in [0, 0.05) is 19.3 Å². The number of aromatic nitrogens is 1. The van der Waals surface area contributed by atoms with E-state index in [4.69, 9.17) is 11.6 Å². The molecule has 0 saturated heterocycles. The molecule has 1 aromatic rings. The van der Waals surface area contributed by atoms with Crippen LogP contribution in [0.3, 0.4) is 0 Å². The minimum absolute atomic E-state index is 0.0861. The van der Waals surface area contributed by atoms with Gasteiger partial charge in [0.2, 0.25) is 10.0 Å². The van der Waals surface area contributed by atoms with Crippen LogP contribution in [0.15, 0.2) is 17.2 Å². The van der Waals surface area contributed by atoms with Crippen molar-refractivity contribution in [2.75, 3.05) is 18.4 Å². The molecule has 102 valence electrons.